The Morgan fingerprint density at radius 2 is 1.63 bits per heavy atom. The average molecular weight is 579 g/mol. The zero-order valence-corrected chi connectivity index (χ0v) is 22.6. The summed E-state index contributed by atoms with van der Waals surface area (Å²) in [5.74, 6) is 0.667. The monoisotopic (exact) mass is 578 g/mol. The van der Waals surface area contributed by atoms with Gasteiger partial charge in [-0.1, -0.05) is 23.7 Å². The zero-order valence-electron chi connectivity index (χ0n) is 21.9. The Labute approximate surface area is 240 Å². The highest BCUT2D eigenvalue weighted by atomic mass is 35.5. The molecule has 3 heterocycles. The maximum absolute atomic E-state index is 13.0. The average Bonchev–Trinajstić information content (AvgIpc) is 2.97. The molecule has 2 aliphatic heterocycles. The molecular weight excluding hydrogens is 553 g/mol. The van der Waals surface area contributed by atoms with E-state index in [1.165, 1.54) is 17.7 Å². The molecule has 0 radical (unpaired) electrons. The Kier molecular flexibility index (Phi) is 7.17. The van der Waals surface area contributed by atoms with E-state index in [1.54, 1.807) is 11.1 Å². The number of fused-ring (bicyclic) bond motifs is 6. The van der Waals surface area contributed by atoms with Crippen LogP contribution in [0.5, 0.6) is 0 Å². The molecule has 1 saturated heterocycles. The van der Waals surface area contributed by atoms with Crippen molar-refractivity contribution in [3.63, 3.8) is 0 Å². The largest absolute Gasteiger partial charge is 0.416 e. The third kappa shape index (κ3) is 5.92. The fraction of sp³-hybridized carbons (Fsp3) is 0.233. The van der Waals surface area contributed by atoms with Crippen molar-refractivity contribution >= 4 is 46.3 Å². The van der Waals surface area contributed by atoms with Gasteiger partial charge >= 0.3 is 6.18 Å². The normalized spacial score (nSPS) is 15.1. The van der Waals surface area contributed by atoms with Crippen molar-refractivity contribution in [3.8, 4) is 0 Å². The Morgan fingerprint density at radius 3 is 2.39 bits per heavy atom. The van der Waals surface area contributed by atoms with Crippen molar-refractivity contribution in [2.24, 2.45) is 0 Å². The number of carbonyl (C=O) groups excluding carboxylic acids is 1. The van der Waals surface area contributed by atoms with E-state index in [9.17, 15) is 18.0 Å². The first kappa shape index (κ1) is 26.9. The van der Waals surface area contributed by atoms with Crippen LogP contribution in [0, 0.1) is 0 Å². The van der Waals surface area contributed by atoms with Gasteiger partial charge in [-0.2, -0.15) is 18.2 Å². The number of hydrogen-bond acceptors (Lipinski definition) is 6. The Balaban J connectivity index is 1.22. The second-order valence-electron chi connectivity index (χ2n) is 10.0. The predicted molar refractivity (Wildman–Crippen MR) is 153 cm³/mol. The van der Waals surface area contributed by atoms with Gasteiger partial charge in [0.15, 0.2) is 5.82 Å². The van der Waals surface area contributed by atoms with Crippen LogP contribution >= 0.6 is 11.6 Å². The van der Waals surface area contributed by atoms with Gasteiger partial charge in [0.25, 0.3) is 5.91 Å². The number of carbonyl (C=O) groups is 1. The lowest BCUT2D eigenvalue weighted by Gasteiger charge is -2.37. The van der Waals surface area contributed by atoms with Gasteiger partial charge in [-0.15, -0.1) is 0 Å². The summed E-state index contributed by atoms with van der Waals surface area (Å²) in [5.41, 5.74) is 4.60. The van der Waals surface area contributed by atoms with Gasteiger partial charge in [-0.05, 0) is 78.6 Å². The topological polar surface area (TPSA) is 73.4 Å². The molecule has 0 spiro atoms. The smallest absolute Gasteiger partial charge is 0.368 e. The lowest BCUT2D eigenvalue weighted by atomic mass is 10.0. The molecule has 2 N–H and O–H groups in total. The van der Waals surface area contributed by atoms with E-state index in [1.807, 2.05) is 18.2 Å². The number of anilines is 5. The van der Waals surface area contributed by atoms with Gasteiger partial charge in [0.2, 0.25) is 5.95 Å². The molecule has 11 heteroatoms. The van der Waals surface area contributed by atoms with Crippen molar-refractivity contribution in [3.05, 3.63) is 100 Å². The number of halogens is 4. The summed E-state index contributed by atoms with van der Waals surface area (Å²) in [6.07, 6.45) is -1.27. The van der Waals surface area contributed by atoms with Crippen LogP contribution in [-0.2, 0) is 19.0 Å². The lowest BCUT2D eigenvalue weighted by molar-refractivity contribution is -0.137. The quantitative estimate of drug-likeness (QED) is 0.276. The van der Waals surface area contributed by atoms with Crippen LogP contribution < -0.4 is 15.5 Å². The third-order valence-electron chi connectivity index (χ3n) is 7.32. The number of nitrogens with zero attached hydrogens (tertiary/aromatic N) is 4. The third-order valence-corrected chi connectivity index (χ3v) is 7.60. The number of piperazine rings is 1. The van der Waals surface area contributed by atoms with Crippen LogP contribution in [0.4, 0.5) is 42.0 Å². The Hall–Kier alpha value is -4.31. The van der Waals surface area contributed by atoms with E-state index in [-0.39, 0.29) is 11.5 Å². The van der Waals surface area contributed by atoms with E-state index in [0.29, 0.717) is 43.0 Å². The molecule has 1 fully saturated rings. The summed E-state index contributed by atoms with van der Waals surface area (Å²) in [4.78, 5) is 25.8. The van der Waals surface area contributed by atoms with Gasteiger partial charge in [-0.3, -0.25) is 4.79 Å². The Morgan fingerprint density at radius 1 is 0.878 bits per heavy atom. The molecule has 6 rings (SSSR count). The minimum atomic E-state index is -4.43. The molecule has 2 aliphatic rings. The molecular formula is C30H26ClF3N6O. The maximum atomic E-state index is 13.0. The molecule has 1 aromatic heterocycles. The molecule has 0 saturated carbocycles. The highest BCUT2D eigenvalue weighted by Gasteiger charge is 2.31. The van der Waals surface area contributed by atoms with Gasteiger partial charge in [0.1, 0.15) is 5.02 Å². The summed E-state index contributed by atoms with van der Waals surface area (Å²) in [5, 5.41) is 6.96. The van der Waals surface area contributed by atoms with E-state index in [4.69, 9.17) is 11.6 Å². The molecule has 1 amide bonds. The molecule has 41 heavy (non-hydrogen) atoms. The van der Waals surface area contributed by atoms with E-state index >= 15 is 0 Å². The summed E-state index contributed by atoms with van der Waals surface area (Å²) >= 11 is 6.39. The van der Waals surface area contributed by atoms with Crippen LogP contribution in [0.1, 0.15) is 27.0 Å². The van der Waals surface area contributed by atoms with Crippen molar-refractivity contribution < 1.29 is 18.0 Å². The number of amides is 1. The number of hydrogen-bond donors (Lipinski definition) is 2. The minimum absolute atomic E-state index is 0.253. The van der Waals surface area contributed by atoms with E-state index in [2.05, 4.69) is 49.8 Å². The fourth-order valence-electron chi connectivity index (χ4n) is 5.17. The van der Waals surface area contributed by atoms with E-state index in [0.717, 1.165) is 47.6 Å². The highest BCUT2D eigenvalue weighted by Crippen LogP contribution is 2.32. The molecule has 0 atom stereocenters. The maximum Gasteiger partial charge on any atom is 0.416 e. The van der Waals surface area contributed by atoms with Crippen LogP contribution in [0.2, 0.25) is 5.02 Å². The lowest BCUT2D eigenvalue weighted by Crippen LogP contribution is -2.49. The number of benzene rings is 3. The number of rotatable bonds is 2. The number of alkyl halides is 3. The van der Waals surface area contributed by atoms with Crippen molar-refractivity contribution in [1.82, 2.24) is 14.9 Å². The zero-order chi connectivity index (χ0) is 28.6. The molecule has 4 aromatic rings. The second-order valence-corrected chi connectivity index (χ2v) is 10.4. The first-order valence-electron chi connectivity index (χ1n) is 13.2. The molecule has 0 aliphatic carbocycles. The first-order valence-corrected chi connectivity index (χ1v) is 13.6. The van der Waals surface area contributed by atoms with Crippen molar-refractivity contribution in [1.29, 1.82) is 0 Å². The SMILES string of the molecule is O=C(c1ccc(C(F)(F)F)cc1)N1CCN(c2ccc3cc2CCc2cccc(c2)Nc2ncc(Cl)c(n2)N3)CC1. The first-order chi connectivity index (χ1) is 19.7. The molecule has 0 unspecified atom stereocenters. The van der Waals surface area contributed by atoms with Gasteiger partial charge in [0.05, 0.1) is 11.8 Å². The summed E-state index contributed by atoms with van der Waals surface area (Å²) in [6.45, 7) is 2.14. The molecule has 7 nitrogen and oxygen atoms in total. The summed E-state index contributed by atoms with van der Waals surface area (Å²) in [6, 6.07) is 18.7. The highest BCUT2D eigenvalue weighted by molar-refractivity contribution is 6.32. The van der Waals surface area contributed by atoms with Crippen LogP contribution in [-0.4, -0.2) is 47.0 Å². The standard InChI is InChI=1S/C30H26ClF3N6O/c31-25-18-35-29-37-23-3-1-2-19(16-23)4-5-21-17-24(36-27(25)38-29)10-11-26(21)39-12-14-40(15-13-39)28(41)20-6-8-22(9-7-20)30(32,33)34/h1-3,6-11,16-18H,4-5,12-15H2,(H2,35,36,37,38). The van der Waals surface area contributed by atoms with Gasteiger partial charge in [-0.25, -0.2) is 4.98 Å². The van der Waals surface area contributed by atoms with Crippen LogP contribution in [0.15, 0.2) is 72.9 Å². The Bertz CT molecular complexity index is 1590. The van der Waals surface area contributed by atoms with Crippen LogP contribution in [0.3, 0.4) is 0 Å². The second kappa shape index (κ2) is 10.9. The molecule has 210 valence electrons. The van der Waals surface area contributed by atoms with Crippen molar-refractivity contribution in [2.75, 3.05) is 41.7 Å². The molecule has 6 bridgehead atoms. The number of nitrogens with one attached hydrogen (secondary N) is 2. The fourth-order valence-corrected chi connectivity index (χ4v) is 5.31. The predicted octanol–water partition coefficient (Wildman–Crippen LogP) is 6.70. The van der Waals surface area contributed by atoms with Gasteiger partial charge in [0, 0.05) is 48.8 Å². The summed E-state index contributed by atoms with van der Waals surface area (Å²) in [7, 11) is 0. The van der Waals surface area contributed by atoms with Crippen LogP contribution in [0.25, 0.3) is 0 Å². The summed E-state index contributed by atoms with van der Waals surface area (Å²) < 4.78 is 38.7. The van der Waals surface area contributed by atoms with Crippen molar-refractivity contribution in [2.45, 2.75) is 19.0 Å². The minimum Gasteiger partial charge on any atom is -0.368 e. The van der Waals surface area contributed by atoms with Gasteiger partial charge < -0.3 is 20.4 Å². The molecule has 3 aromatic carbocycles. The number of aryl methyl sites for hydroxylation is 2. The number of aromatic nitrogens is 2. The van der Waals surface area contributed by atoms with E-state index < -0.39 is 11.7 Å².